The number of aryl methyl sites for hydroxylation is 1. The van der Waals surface area contributed by atoms with Gasteiger partial charge in [0.05, 0.1) is 27.0 Å². The lowest BCUT2D eigenvalue weighted by atomic mass is 10.0. The van der Waals surface area contributed by atoms with E-state index in [-0.39, 0.29) is 43.3 Å². The molecule has 34 heavy (non-hydrogen) atoms. The summed E-state index contributed by atoms with van der Waals surface area (Å²) in [6.07, 6.45) is 1.09. The third-order valence-corrected chi connectivity index (χ3v) is 9.49. The van der Waals surface area contributed by atoms with Crippen LogP contribution in [0.1, 0.15) is 22.3 Å². The van der Waals surface area contributed by atoms with E-state index < -0.39 is 26.0 Å². The molecule has 0 unspecified atom stereocenters. The third-order valence-electron chi connectivity index (χ3n) is 5.29. The van der Waals surface area contributed by atoms with E-state index in [0.29, 0.717) is 18.4 Å². The maximum absolute atomic E-state index is 13.5. The van der Waals surface area contributed by atoms with E-state index >= 15 is 0 Å². The van der Waals surface area contributed by atoms with Crippen LogP contribution in [0.5, 0.6) is 0 Å². The minimum absolute atomic E-state index is 0.0626. The lowest BCUT2D eigenvalue weighted by Gasteiger charge is -2.31. The molecule has 0 aromatic heterocycles. The molecule has 0 radical (unpaired) electrons. The molecule has 3 aromatic carbocycles. The van der Waals surface area contributed by atoms with Gasteiger partial charge in [-0.2, -0.15) is 0 Å². The molecule has 0 spiro atoms. The van der Waals surface area contributed by atoms with E-state index in [1.165, 1.54) is 54.6 Å². The minimum Gasteiger partial charge on any atom is -0.478 e. The van der Waals surface area contributed by atoms with Crippen LogP contribution in [0.15, 0.2) is 70.5 Å². The van der Waals surface area contributed by atoms with Crippen LogP contribution in [0, 0.1) is 0 Å². The number of carbonyl (C=O) groups is 1. The van der Waals surface area contributed by atoms with Gasteiger partial charge in [-0.3, -0.25) is 9.03 Å². The van der Waals surface area contributed by atoms with Gasteiger partial charge in [-0.05, 0) is 54.8 Å². The van der Waals surface area contributed by atoms with Crippen molar-refractivity contribution in [1.82, 2.24) is 0 Å². The van der Waals surface area contributed by atoms with Gasteiger partial charge < -0.3 is 5.11 Å². The molecule has 1 aliphatic rings. The van der Waals surface area contributed by atoms with Crippen molar-refractivity contribution in [2.45, 2.75) is 22.6 Å². The number of benzene rings is 3. The fourth-order valence-corrected chi connectivity index (χ4v) is 7.70. The highest BCUT2D eigenvalue weighted by atomic mass is 35.5. The molecule has 178 valence electrons. The van der Waals surface area contributed by atoms with Gasteiger partial charge in [-0.25, -0.2) is 21.6 Å². The van der Waals surface area contributed by atoms with Crippen LogP contribution in [0.25, 0.3) is 0 Å². The summed E-state index contributed by atoms with van der Waals surface area (Å²) in [6, 6.07) is 14.2. The van der Waals surface area contributed by atoms with Gasteiger partial charge in [0.25, 0.3) is 20.0 Å². The van der Waals surface area contributed by atoms with Crippen molar-refractivity contribution in [2.24, 2.45) is 0 Å². The Kier molecular flexibility index (Phi) is 6.52. The van der Waals surface area contributed by atoms with Crippen molar-refractivity contribution >= 4 is 60.6 Å². The van der Waals surface area contributed by atoms with Crippen LogP contribution in [0.4, 0.5) is 11.4 Å². The number of hydrogen-bond donors (Lipinski definition) is 2. The van der Waals surface area contributed by atoms with Crippen molar-refractivity contribution in [1.29, 1.82) is 0 Å². The van der Waals surface area contributed by atoms with Crippen LogP contribution < -0.4 is 9.03 Å². The second-order valence-electron chi connectivity index (χ2n) is 7.48. The number of hydrogen-bond acceptors (Lipinski definition) is 5. The van der Waals surface area contributed by atoms with Crippen LogP contribution >= 0.6 is 23.2 Å². The highest BCUT2D eigenvalue weighted by Gasteiger charge is 2.32. The molecule has 1 heterocycles. The van der Waals surface area contributed by atoms with Crippen LogP contribution in [-0.2, 0) is 26.5 Å². The molecule has 4 rings (SSSR count). The van der Waals surface area contributed by atoms with Gasteiger partial charge in [-0.15, -0.1) is 0 Å². The molecule has 1 aliphatic heterocycles. The number of sulfonamides is 2. The maximum Gasteiger partial charge on any atom is 0.337 e. The number of carboxylic acids is 1. The lowest BCUT2D eigenvalue weighted by molar-refractivity contribution is 0.0692. The number of fused-ring (bicyclic) bond motifs is 1. The standard InChI is InChI=1S/C22H18Cl2N2O6S2/c23-17-7-3-8-18(24)21(17)33(29,30)25-15-11-10-14-5-4-12-26(19(14)13-15)34(31,32)20-9-2-1-6-16(20)22(27)28/h1-3,6-11,13,25H,4-5,12H2,(H,27,28). The number of rotatable bonds is 6. The van der Waals surface area contributed by atoms with Crippen LogP contribution in [-0.4, -0.2) is 34.5 Å². The lowest BCUT2D eigenvalue weighted by Crippen LogP contribution is -2.36. The summed E-state index contributed by atoms with van der Waals surface area (Å²) in [5.41, 5.74) is 0.696. The first-order chi connectivity index (χ1) is 16.0. The van der Waals surface area contributed by atoms with Crippen molar-refractivity contribution in [3.05, 3.63) is 81.8 Å². The highest BCUT2D eigenvalue weighted by Crippen LogP contribution is 2.36. The molecule has 0 fully saturated rings. The predicted molar refractivity (Wildman–Crippen MR) is 130 cm³/mol. The molecule has 3 aromatic rings. The summed E-state index contributed by atoms with van der Waals surface area (Å²) in [7, 11) is -8.43. The first kappa shape index (κ1) is 24.3. The number of nitrogens with one attached hydrogen (secondary N) is 1. The Balaban J connectivity index is 1.77. The molecule has 0 saturated heterocycles. The van der Waals surface area contributed by atoms with E-state index in [9.17, 15) is 26.7 Å². The fourth-order valence-electron chi connectivity index (χ4n) is 3.79. The van der Waals surface area contributed by atoms with Crippen LogP contribution in [0.3, 0.4) is 0 Å². The molecule has 8 nitrogen and oxygen atoms in total. The Morgan fingerprint density at radius 1 is 0.941 bits per heavy atom. The summed E-state index contributed by atoms with van der Waals surface area (Å²) < 4.78 is 56.4. The molecule has 2 N–H and O–H groups in total. The summed E-state index contributed by atoms with van der Waals surface area (Å²) in [6.45, 7) is 0.107. The highest BCUT2D eigenvalue weighted by molar-refractivity contribution is 7.93. The average molecular weight is 541 g/mol. The molecular formula is C22H18Cl2N2O6S2. The maximum atomic E-state index is 13.5. The number of anilines is 2. The summed E-state index contributed by atoms with van der Waals surface area (Å²) in [5.74, 6) is -1.37. The molecule has 12 heteroatoms. The van der Waals surface area contributed by atoms with E-state index in [0.717, 1.165) is 4.31 Å². The van der Waals surface area contributed by atoms with Gasteiger partial charge in [0.2, 0.25) is 0 Å². The quantitative estimate of drug-likeness (QED) is 0.470. The predicted octanol–water partition coefficient (Wildman–Crippen LogP) is 4.63. The second kappa shape index (κ2) is 9.10. The first-order valence-electron chi connectivity index (χ1n) is 9.97. The summed E-state index contributed by atoms with van der Waals surface area (Å²) in [5, 5.41) is 9.34. The monoisotopic (exact) mass is 540 g/mol. The van der Waals surface area contributed by atoms with E-state index in [1.54, 1.807) is 6.07 Å². The summed E-state index contributed by atoms with van der Waals surface area (Å²) in [4.78, 5) is 11.0. The SMILES string of the molecule is O=C(O)c1ccccc1S(=O)(=O)N1CCCc2ccc(NS(=O)(=O)c3c(Cl)cccc3Cl)cc21. The van der Waals surface area contributed by atoms with E-state index in [1.807, 2.05) is 0 Å². The Morgan fingerprint density at radius 2 is 1.62 bits per heavy atom. The van der Waals surface area contributed by atoms with Gasteiger partial charge in [0.1, 0.15) is 9.79 Å². The largest absolute Gasteiger partial charge is 0.478 e. The molecule has 0 bridgehead atoms. The molecular weight excluding hydrogens is 523 g/mol. The molecule has 0 saturated carbocycles. The van der Waals surface area contributed by atoms with Crippen molar-refractivity contribution in [3.8, 4) is 0 Å². The zero-order valence-electron chi connectivity index (χ0n) is 17.4. The normalized spacial score (nSPS) is 13.9. The van der Waals surface area contributed by atoms with E-state index in [2.05, 4.69) is 4.72 Å². The Labute approximate surface area is 206 Å². The van der Waals surface area contributed by atoms with Crippen molar-refractivity contribution < 1.29 is 26.7 Å². The average Bonchev–Trinajstić information content (AvgIpc) is 2.78. The zero-order valence-corrected chi connectivity index (χ0v) is 20.5. The fraction of sp³-hybridized carbons (Fsp3) is 0.136. The van der Waals surface area contributed by atoms with Gasteiger partial charge in [0, 0.05) is 6.54 Å². The van der Waals surface area contributed by atoms with Crippen LogP contribution in [0.2, 0.25) is 10.0 Å². The van der Waals surface area contributed by atoms with Crippen molar-refractivity contribution in [3.63, 3.8) is 0 Å². The first-order valence-corrected chi connectivity index (χ1v) is 13.6. The van der Waals surface area contributed by atoms with Gasteiger partial charge in [-0.1, -0.05) is 47.5 Å². The third kappa shape index (κ3) is 4.46. The number of halogens is 2. The Bertz CT molecular complexity index is 1490. The molecule has 0 aliphatic carbocycles. The number of aromatic carboxylic acids is 1. The number of carboxylic acid groups (broad SMARTS) is 1. The zero-order chi connectivity index (χ0) is 24.7. The Hall–Kier alpha value is -2.79. The smallest absolute Gasteiger partial charge is 0.337 e. The molecule has 0 atom stereocenters. The van der Waals surface area contributed by atoms with Gasteiger partial charge in [0.15, 0.2) is 0 Å². The van der Waals surface area contributed by atoms with E-state index in [4.69, 9.17) is 23.2 Å². The summed E-state index contributed by atoms with van der Waals surface area (Å²) >= 11 is 12.1. The van der Waals surface area contributed by atoms with Crippen molar-refractivity contribution in [2.75, 3.05) is 15.6 Å². The molecule has 0 amide bonds. The van der Waals surface area contributed by atoms with Gasteiger partial charge >= 0.3 is 5.97 Å². The Morgan fingerprint density at radius 3 is 2.29 bits per heavy atom. The number of nitrogens with zero attached hydrogens (tertiary/aromatic N) is 1. The second-order valence-corrected chi connectivity index (χ2v) is 11.7. The minimum atomic E-state index is -4.24. The topological polar surface area (TPSA) is 121 Å².